The van der Waals surface area contributed by atoms with E-state index in [1.807, 2.05) is 12.1 Å². The molecule has 0 aromatic heterocycles. The van der Waals surface area contributed by atoms with E-state index in [-0.39, 0.29) is 0 Å². The fourth-order valence-corrected chi connectivity index (χ4v) is 3.06. The van der Waals surface area contributed by atoms with E-state index >= 15 is 0 Å². The Labute approximate surface area is 155 Å². The average molecular weight is 335 g/mol. The fourth-order valence-electron chi connectivity index (χ4n) is 3.06. The second-order valence-corrected chi connectivity index (χ2v) is 6.36. The fraction of sp³-hybridized carbons (Fsp3) is 0.0400. The maximum Gasteiger partial charge on any atom is 0.0400 e. The molecule has 0 bridgehead atoms. The number of rotatable bonds is 5. The van der Waals surface area contributed by atoms with Crippen molar-refractivity contribution in [1.29, 1.82) is 0 Å². The first-order valence-corrected chi connectivity index (χ1v) is 8.92. The Hall–Kier alpha value is -3.32. The van der Waals surface area contributed by atoms with E-state index in [0.717, 1.165) is 12.2 Å². The molecule has 126 valence electrons. The molecule has 4 aromatic rings. The molecule has 0 saturated heterocycles. The van der Waals surface area contributed by atoms with Gasteiger partial charge in [-0.05, 0) is 39.9 Å². The van der Waals surface area contributed by atoms with Crippen LogP contribution in [-0.4, -0.2) is 0 Å². The molecule has 0 aliphatic heterocycles. The Morgan fingerprint density at radius 2 is 0.846 bits per heavy atom. The van der Waals surface area contributed by atoms with Gasteiger partial charge in [-0.25, -0.2) is 0 Å². The van der Waals surface area contributed by atoms with Crippen molar-refractivity contribution in [2.24, 2.45) is 0 Å². The van der Waals surface area contributed by atoms with Crippen molar-refractivity contribution < 1.29 is 0 Å². The first kappa shape index (κ1) is 16.2. The van der Waals surface area contributed by atoms with E-state index in [0.29, 0.717) is 0 Å². The van der Waals surface area contributed by atoms with Gasteiger partial charge in [0.25, 0.3) is 0 Å². The minimum absolute atomic E-state index is 0.819. The summed E-state index contributed by atoms with van der Waals surface area (Å²) in [6, 6.07) is 38.3. The van der Waals surface area contributed by atoms with Crippen molar-refractivity contribution >= 4 is 5.69 Å². The molecule has 1 nitrogen and oxygen atoms in total. The third kappa shape index (κ3) is 3.84. The maximum atomic E-state index is 3.50. The van der Waals surface area contributed by atoms with Crippen molar-refractivity contribution in [1.82, 2.24) is 0 Å². The Morgan fingerprint density at radius 3 is 1.35 bits per heavy atom. The van der Waals surface area contributed by atoms with Crippen LogP contribution in [0.3, 0.4) is 0 Å². The SMILES string of the molecule is c1ccc(-c2ccc(CNc3ccc(-c4ccccc4)cc3)cc2)cc1. The standard InChI is InChI=1S/C25H21N/c1-3-7-21(8-4-1)23-13-11-20(12-14-23)19-26-25-17-15-24(16-18-25)22-9-5-2-6-10-22/h1-18,26H,19H2. The lowest BCUT2D eigenvalue weighted by Crippen LogP contribution is -1.99. The number of anilines is 1. The molecule has 0 aliphatic carbocycles. The Bertz CT molecular complexity index is 857. The number of hydrogen-bond acceptors (Lipinski definition) is 1. The Kier molecular flexibility index (Phi) is 4.79. The molecular formula is C25H21N. The molecule has 0 radical (unpaired) electrons. The summed E-state index contributed by atoms with van der Waals surface area (Å²) in [5.74, 6) is 0. The average Bonchev–Trinajstić information content (AvgIpc) is 2.74. The largest absolute Gasteiger partial charge is 0.381 e. The molecule has 4 rings (SSSR count). The van der Waals surface area contributed by atoms with Gasteiger partial charge >= 0.3 is 0 Å². The smallest absolute Gasteiger partial charge is 0.0400 e. The summed E-state index contributed by atoms with van der Waals surface area (Å²) in [6.07, 6.45) is 0. The van der Waals surface area contributed by atoms with E-state index in [1.54, 1.807) is 0 Å². The minimum atomic E-state index is 0.819. The van der Waals surface area contributed by atoms with Crippen LogP contribution in [0, 0.1) is 0 Å². The quantitative estimate of drug-likeness (QED) is 0.431. The van der Waals surface area contributed by atoms with Gasteiger partial charge < -0.3 is 5.32 Å². The highest BCUT2D eigenvalue weighted by molar-refractivity contribution is 5.66. The van der Waals surface area contributed by atoms with E-state index in [2.05, 4.69) is 102 Å². The maximum absolute atomic E-state index is 3.50. The summed E-state index contributed by atoms with van der Waals surface area (Å²) in [6.45, 7) is 0.819. The lowest BCUT2D eigenvalue weighted by Gasteiger charge is -2.09. The number of nitrogens with one attached hydrogen (secondary N) is 1. The van der Waals surface area contributed by atoms with Crippen molar-refractivity contribution in [2.75, 3.05) is 5.32 Å². The topological polar surface area (TPSA) is 12.0 Å². The second kappa shape index (κ2) is 7.71. The van der Waals surface area contributed by atoms with E-state index in [4.69, 9.17) is 0 Å². The van der Waals surface area contributed by atoms with Crippen molar-refractivity contribution in [2.45, 2.75) is 6.54 Å². The molecule has 0 saturated carbocycles. The van der Waals surface area contributed by atoms with Gasteiger partial charge in [-0.15, -0.1) is 0 Å². The van der Waals surface area contributed by atoms with Gasteiger partial charge in [-0.2, -0.15) is 0 Å². The molecule has 0 atom stereocenters. The number of benzene rings is 4. The minimum Gasteiger partial charge on any atom is -0.381 e. The third-order valence-electron chi connectivity index (χ3n) is 4.55. The van der Waals surface area contributed by atoms with Crippen molar-refractivity contribution in [3.8, 4) is 22.3 Å². The Morgan fingerprint density at radius 1 is 0.423 bits per heavy atom. The van der Waals surface area contributed by atoms with Gasteiger partial charge in [0.15, 0.2) is 0 Å². The summed E-state index contributed by atoms with van der Waals surface area (Å²) >= 11 is 0. The van der Waals surface area contributed by atoms with Crippen LogP contribution in [0.1, 0.15) is 5.56 Å². The van der Waals surface area contributed by atoms with E-state index in [9.17, 15) is 0 Å². The molecule has 0 amide bonds. The van der Waals surface area contributed by atoms with Crippen molar-refractivity contribution in [3.63, 3.8) is 0 Å². The van der Waals surface area contributed by atoms with Crippen LogP contribution in [0.5, 0.6) is 0 Å². The first-order chi connectivity index (χ1) is 12.9. The second-order valence-electron chi connectivity index (χ2n) is 6.36. The summed E-state index contributed by atoms with van der Waals surface area (Å²) < 4.78 is 0. The van der Waals surface area contributed by atoms with Gasteiger partial charge in [-0.1, -0.05) is 97.1 Å². The zero-order valence-corrected chi connectivity index (χ0v) is 14.6. The Balaban J connectivity index is 1.40. The molecule has 0 heterocycles. The van der Waals surface area contributed by atoms with Crippen LogP contribution in [0.25, 0.3) is 22.3 Å². The molecule has 26 heavy (non-hydrogen) atoms. The summed E-state index contributed by atoms with van der Waals surface area (Å²) in [5, 5.41) is 3.50. The van der Waals surface area contributed by atoms with Gasteiger partial charge in [0.2, 0.25) is 0 Å². The first-order valence-electron chi connectivity index (χ1n) is 8.92. The van der Waals surface area contributed by atoms with Gasteiger partial charge in [0.05, 0.1) is 0 Å². The lowest BCUT2D eigenvalue weighted by molar-refractivity contribution is 1.15. The normalized spacial score (nSPS) is 10.5. The van der Waals surface area contributed by atoms with Crippen LogP contribution < -0.4 is 5.32 Å². The van der Waals surface area contributed by atoms with Crippen LogP contribution in [0.15, 0.2) is 109 Å². The van der Waals surface area contributed by atoms with Crippen LogP contribution >= 0.6 is 0 Å². The van der Waals surface area contributed by atoms with Gasteiger partial charge in [-0.3, -0.25) is 0 Å². The molecule has 0 fully saturated rings. The van der Waals surface area contributed by atoms with Crippen LogP contribution in [0.4, 0.5) is 5.69 Å². The predicted octanol–water partition coefficient (Wildman–Crippen LogP) is 6.63. The van der Waals surface area contributed by atoms with E-state index < -0.39 is 0 Å². The van der Waals surface area contributed by atoms with Gasteiger partial charge in [0, 0.05) is 12.2 Å². The van der Waals surface area contributed by atoms with E-state index in [1.165, 1.54) is 27.8 Å². The highest BCUT2D eigenvalue weighted by Gasteiger charge is 2.00. The van der Waals surface area contributed by atoms with Gasteiger partial charge in [0.1, 0.15) is 0 Å². The predicted molar refractivity (Wildman–Crippen MR) is 111 cm³/mol. The summed E-state index contributed by atoms with van der Waals surface area (Å²) in [4.78, 5) is 0. The number of hydrogen-bond donors (Lipinski definition) is 1. The third-order valence-corrected chi connectivity index (χ3v) is 4.55. The highest BCUT2D eigenvalue weighted by atomic mass is 14.9. The lowest BCUT2D eigenvalue weighted by atomic mass is 10.0. The summed E-state index contributed by atoms with van der Waals surface area (Å²) in [7, 11) is 0. The zero-order chi connectivity index (χ0) is 17.6. The molecule has 0 spiro atoms. The monoisotopic (exact) mass is 335 g/mol. The molecule has 0 aliphatic rings. The highest BCUT2D eigenvalue weighted by Crippen LogP contribution is 2.22. The molecule has 0 unspecified atom stereocenters. The summed E-state index contributed by atoms with van der Waals surface area (Å²) in [5.41, 5.74) is 7.40. The molecule has 1 N–H and O–H groups in total. The van der Waals surface area contributed by atoms with Crippen molar-refractivity contribution in [3.05, 3.63) is 115 Å². The molecule has 4 aromatic carbocycles. The van der Waals surface area contributed by atoms with Crippen LogP contribution in [0.2, 0.25) is 0 Å². The molecule has 1 heteroatoms. The zero-order valence-electron chi connectivity index (χ0n) is 14.6. The van der Waals surface area contributed by atoms with Crippen LogP contribution in [-0.2, 0) is 6.54 Å². The molecular weight excluding hydrogens is 314 g/mol.